The second-order valence-corrected chi connectivity index (χ2v) is 7.95. The number of nitrogen functional groups attached to an aromatic ring is 1. The molecule has 4 aromatic rings. The molecule has 4 rings (SSSR count). The Kier molecular flexibility index (Phi) is 3.40. The van der Waals surface area contributed by atoms with Gasteiger partial charge in [-0.1, -0.05) is 36.4 Å². The molecular formula is C17H13N3O2S2. The van der Waals surface area contributed by atoms with Crippen LogP contribution in [0.15, 0.2) is 71.1 Å². The van der Waals surface area contributed by atoms with Crippen molar-refractivity contribution in [3.05, 3.63) is 66.2 Å². The van der Waals surface area contributed by atoms with Crippen LogP contribution in [0.3, 0.4) is 0 Å². The van der Waals surface area contributed by atoms with Gasteiger partial charge in [0.25, 0.3) is 10.0 Å². The average molecular weight is 355 g/mol. The molecule has 2 N–H and O–H groups in total. The van der Waals surface area contributed by atoms with Gasteiger partial charge in [-0.15, -0.1) is 15.4 Å². The number of thiophene rings is 1. The summed E-state index contributed by atoms with van der Waals surface area (Å²) in [5.74, 6) is 0. The van der Waals surface area contributed by atoms with Crippen LogP contribution >= 0.6 is 11.3 Å². The molecule has 5 nitrogen and oxygen atoms in total. The van der Waals surface area contributed by atoms with Gasteiger partial charge in [0.05, 0.1) is 11.1 Å². The zero-order valence-electron chi connectivity index (χ0n) is 12.5. The van der Waals surface area contributed by atoms with E-state index < -0.39 is 10.0 Å². The summed E-state index contributed by atoms with van der Waals surface area (Å²) in [6.45, 7) is 0. The van der Waals surface area contributed by atoms with E-state index in [4.69, 9.17) is 5.73 Å². The Morgan fingerprint density at radius 1 is 1.04 bits per heavy atom. The largest absolute Gasteiger partial charge is 0.398 e. The highest BCUT2D eigenvalue weighted by atomic mass is 32.2. The van der Waals surface area contributed by atoms with Crippen LogP contribution in [0.2, 0.25) is 0 Å². The van der Waals surface area contributed by atoms with E-state index in [9.17, 15) is 8.42 Å². The number of benzene rings is 2. The Balaban J connectivity index is 1.83. The molecular weight excluding hydrogens is 342 g/mol. The molecule has 2 heterocycles. The topological polar surface area (TPSA) is 78.0 Å². The van der Waals surface area contributed by atoms with Gasteiger partial charge in [0.15, 0.2) is 0 Å². The minimum absolute atomic E-state index is 0.123. The fourth-order valence-corrected chi connectivity index (χ4v) is 4.96. The maximum atomic E-state index is 12.9. The Hall–Kier alpha value is -2.64. The number of fused-ring (bicyclic) bond motifs is 1. The van der Waals surface area contributed by atoms with Crippen LogP contribution in [-0.2, 0) is 10.0 Å². The van der Waals surface area contributed by atoms with Crippen LogP contribution in [-0.4, -0.2) is 17.6 Å². The molecule has 0 unspecified atom stereocenters. The van der Waals surface area contributed by atoms with Gasteiger partial charge in [0, 0.05) is 16.6 Å². The third-order valence-corrected chi connectivity index (χ3v) is 6.38. The fourth-order valence-electron chi connectivity index (χ4n) is 2.58. The lowest BCUT2D eigenvalue weighted by Crippen LogP contribution is -2.14. The first kappa shape index (κ1) is 14.9. The lowest BCUT2D eigenvalue weighted by Gasteiger charge is -2.10. The van der Waals surface area contributed by atoms with Crippen molar-refractivity contribution in [3.63, 3.8) is 0 Å². The molecule has 0 spiro atoms. The summed E-state index contributed by atoms with van der Waals surface area (Å²) in [5, 5.41) is 6.65. The summed E-state index contributed by atoms with van der Waals surface area (Å²) in [6, 6.07) is 16.2. The van der Waals surface area contributed by atoms with Crippen molar-refractivity contribution in [1.82, 2.24) is 9.19 Å². The molecule has 2 aromatic heterocycles. The number of aromatic nitrogens is 2. The van der Waals surface area contributed by atoms with E-state index >= 15 is 0 Å². The summed E-state index contributed by atoms with van der Waals surface area (Å²) >= 11 is 1.34. The molecule has 0 saturated carbocycles. The molecule has 120 valence electrons. The summed E-state index contributed by atoms with van der Waals surface area (Å²) in [6.07, 6.45) is 1.55. The van der Waals surface area contributed by atoms with Crippen LogP contribution in [0.25, 0.3) is 21.3 Å². The summed E-state index contributed by atoms with van der Waals surface area (Å²) in [5.41, 5.74) is 8.26. The summed E-state index contributed by atoms with van der Waals surface area (Å²) in [4.78, 5) is 0.721. The normalized spacial score (nSPS) is 11.8. The zero-order chi connectivity index (χ0) is 16.7. The molecule has 0 saturated heterocycles. The number of hydrogen-bond acceptors (Lipinski definition) is 5. The van der Waals surface area contributed by atoms with E-state index in [0.717, 1.165) is 20.6 Å². The van der Waals surface area contributed by atoms with Gasteiger partial charge in [-0.3, -0.25) is 0 Å². The molecule has 0 amide bonds. The second kappa shape index (κ2) is 5.47. The smallest absolute Gasteiger partial charge is 0.284 e. The lowest BCUT2D eigenvalue weighted by atomic mass is 10.0. The van der Waals surface area contributed by atoms with E-state index in [1.807, 2.05) is 41.8 Å². The van der Waals surface area contributed by atoms with Crippen molar-refractivity contribution in [2.75, 3.05) is 5.73 Å². The molecule has 2 aromatic carbocycles. The minimum Gasteiger partial charge on any atom is -0.398 e. The van der Waals surface area contributed by atoms with Crippen LogP contribution in [0, 0.1) is 0 Å². The maximum Gasteiger partial charge on any atom is 0.284 e. The van der Waals surface area contributed by atoms with E-state index in [1.54, 1.807) is 18.3 Å². The van der Waals surface area contributed by atoms with Gasteiger partial charge < -0.3 is 5.73 Å². The highest BCUT2D eigenvalue weighted by Crippen LogP contribution is 2.30. The number of nitrogens with two attached hydrogens (primary N) is 1. The zero-order valence-corrected chi connectivity index (χ0v) is 14.1. The van der Waals surface area contributed by atoms with E-state index in [2.05, 4.69) is 5.10 Å². The predicted molar refractivity (Wildman–Crippen MR) is 96.5 cm³/mol. The molecule has 0 radical (unpaired) electrons. The van der Waals surface area contributed by atoms with Crippen LogP contribution in [0.4, 0.5) is 5.69 Å². The Labute approximate surface area is 143 Å². The van der Waals surface area contributed by atoms with Crippen LogP contribution < -0.4 is 5.73 Å². The minimum atomic E-state index is -3.78. The van der Waals surface area contributed by atoms with Crippen molar-refractivity contribution >= 4 is 37.3 Å². The molecule has 24 heavy (non-hydrogen) atoms. The molecule has 7 heteroatoms. The fraction of sp³-hybridized carbons (Fsp3) is 0. The summed E-state index contributed by atoms with van der Waals surface area (Å²) in [7, 11) is -3.78. The highest BCUT2D eigenvalue weighted by molar-refractivity contribution is 7.90. The molecule has 0 aliphatic heterocycles. The first-order valence-electron chi connectivity index (χ1n) is 7.19. The molecule has 0 atom stereocenters. The van der Waals surface area contributed by atoms with Crippen LogP contribution in [0.5, 0.6) is 0 Å². The molecule has 0 bridgehead atoms. The van der Waals surface area contributed by atoms with Crippen molar-refractivity contribution in [2.24, 2.45) is 0 Å². The third kappa shape index (κ3) is 2.29. The van der Waals surface area contributed by atoms with Crippen LogP contribution in [0.1, 0.15) is 0 Å². The Morgan fingerprint density at radius 2 is 1.83 bits per heavy atom. The average Bonchev–Trinajstić information content (AvgIpc) is 3.18. The third-order valence-electron chi connectivity index (χ3n) is 3.78. The van der Waals surface area contributed by atoms with Gasteiger partial charge in [-0.05, 0) is 29.1 Å². The predicted octanol–water partition coefficient (Wildman–Crippen LogP) is 3.58. The molecule has 0 aliphatic rings. The maximum absolute atomic E-state index is 12.9. The van der Waals surface area contributed by atoms with E-state index in [0.29, 0.717) is 10.5 Å². The van der Waals surface area contributed by atoms with Gasteiger partial charge >= 0.3 is 0 Å². The second-order valence-electron chi connectivity index (χ2n) is 5.29. The quantitative estimate of drug-likeness (QED) is 0.570. The van der Waals surface area contributed by atoms with E-state index in [1.165, 1.54) is 17.4 Å². The highest BCUT2D eigenvalue weighted by Gasteiger charge is 2.22. The lowest BCUT2D eigenvalue weighted by molar-refractivity contribution is 0.582. The first-order valence-corrected chi connectivity index (χ1v) is 9.51. The standard InChI is InChI=1S/C17H13N3O2S2/c18-16-10-14(6-7-15(16)12-4-2-1-3-5-12)24(21,22)20-17-13(11-19-20)8-9-23-17/h1-11H,18H2. The number of nitrogens with zero attached hydrogens (tertiary/aromatic N) is 2. The van der Waals surface area contributed by atoms with Gasteiger partial charge in [0.1, 0.15) is 4.83 Å². The van der Waals surface area contributed by atoms with Crippen molar-refractivity contribution in [3.8, 4) is 11.1 Å². The van der Waals surface area contributed by atoms with Gasteiger partial charge in [-0.25, -0.2) is 0 Å². The Morgan fingerprint density at radius 3 is 2.58 bits per heavy atom. The van der Waals surface area contributed by atoms with Crippen molar-refractivity contribution in [1.29, 1.82) is 0 Å². The van der Waals surface area contributed by atoms with Crippen molar-refractivity contribution in [2.45, 2.75) is 4.90 Å². The number of anilines is 1. The monoisotopic (exact) mass is 355 g/mol. The van der Waals surface area contributed by atoms with Gasteiger partial charge in [0.2, 0.25) is 0 Å². The van der Waals surface area contributed by atoms with Gasteiger partial charge in [-0.2, -0.15) is 13.5 Å². The number of rotatable bonds is 3. The van der Waals surface area contributed by atoms with Crippen molar-refractivity contribution < 1.29 is 8.42 Å². The first-order chi connectivity index (χ1) is 11.6. The Bertz CT molecular complexity index is 1130. The number of hydrogen-bond donors (Lipinski definition) is 1. The summed E-state index contributed by atoms with van der Waals surface area (Å²) < 4.78 is 26.8. The molecule has 0 fully saturated rings. The van der Waals surface area contributed by atoms with E-state index in [-0.39, 0.29) is 4.90 Å². The molecule has 0 aliphatic carbocycles. The SMILES string of the molecule is Nc1cc(S(=O)(=O)n2ncc3ccsc32)ccc1-c1ccccc1.